The number of aliphatic hydroxyl groups excluding tert-OH is 1. The number of fused-ring (bicyclic) bond motifs is 5. The molecule has 37 heavy (non-hydrogen) atoms. The molecule has 0 amide bonds. The molecule has 5 rings (SSSR count). The molecule has 3 saturated carbocycles. The monoisotopic (exact) mass is 514 g/mol. The quantitative estimate of drug-likeness (QED) is 0.261. The number of allylic oxidation sites excluding steroid dienone is 1. The minimum Gasteiger partial charge on any atom is -0.460 e. The van der Waals surface area contributed by atoms with Crippen molar-refractivity contribution in [1.29, 1.82) is 0 Å². The van der Waals surface area contributed by atoms with E-state index in [2.05, 4.69) is 55.4 Å². The molecule has 0 aromatic carbocycles. The van der Waals surface area contributed by atoms with Crippen LogP contribution in [0.5, 0.6) is 0 Å². The van der Waals surface area contributed by atoms with Crippen molar-refractivity contribution in [2.45, 2.75) is 138 Å². The first-order chi connectivity index (χ1) is 17.0. The molecule has 5 heteroatoms. The number of Topliss-reactive ketones (excluding diaryl/α,β-unsaturated/α-hetero) is 1. The van der Waals surface area contributed by atoms with Gasteiger partial charge in [-0.2, -0.15) is 0 Å². The number of hydrogen-bond acceptors (Lipinski definition) is 5. The van der Waals surface area contributed by atoms with Gasteiger partial charge >= 0.3 is 5.97 Å². The summed E-state index contributed by atoms with van der Waals surface area (Å²) in [7, 11) is 0. The van der Waals surface area contributed by atoms with Gasteiger partial charge < -0.3 is 14.6 Å². The third kappa shape index (κ3) is 3.84. The van der Waals surface area contributed by atoms with Crippen molar-refractivity contribution < 1.29 is 24.2 Å². The van der Waals surface area contributed by atoms with E-state index in [0.29, 0.717) is 18.1 Å². The second-order valence-corrected chi connectivity index (χ2v) is 15.2. The Kier molecular flexibility index (Phi) is 6.21. The molecule has 5 nitrogen and oxygen atoms in total. The first-order valence-corrected chi connectivity index (χ1v) is 14.8. The first-order valence-electron chi connectivity index (χ1n) is 14.8. The van der Waals surface area contributed by atoms with Gasteiger partial charge in [-0.25, -0.2) is 0 Å². The Hall–Kier alpha value is -1.20. The van der Waals surface area contributed by atoms with Crippen molar-refractivity contribution in [3.8, 4) is 0 Å². The molecule has 1 saturated heterocycles. The molecule has 0 aromatic rings. The molecular formula is C32H50O5. The van der Waals surface area contributed by atoms with Gasteiger partial charge in [-0.05, 0) is 92.8 Å². The van der Waals surface area contributed by atoms with E-state index in [1.165, 1.54) is 18.1 Å². The zero-order valence-electron chi connectivity index (χ0n) is 24.7. The molecule has 1 N–H and O–H groups in total. The van der Waals surface area contributed by atoms with Gasteiger partial charge in [0.15, 0.2) is 0 Å². The van der Waals surface area contributed by atoms with Crippen LogP contribution in [0.4, 0.5) is 0 Å². The van der Waals surface area contributed by atoms with E-state index in [4.69, 9.17) is 9.47 Å². The maximum atomic E-state index is 12.9. The average Bonchev–Trinajstić information content (AvgIpc) is 3.27. The maximum Gasteiger partial charge on any atom is 0.302 e. The standard InChI is InChI=1S/C32H50O5/c1-18(16-23(36-19(2)33)27-29(5,6)37-27)20-10-14-31(8)21(20)17-22(34)26-30(7)13-12-25(35)28(3,4)24(30)11-15-32(26,31)9/h18,22-24,26-27,34H,10-17H2,1-9H3/t18-,22-,23-,24+,26-,27+,30-,31-,32-/m0/s1. The highest BCUT2D eigenvalue weighted by molar-refractivity contribution is 5.85. The number of ether oxygens (including phenoxy) is 2. The Bertz CT molecular complexity index is 1020. The summed E-state index contributed by atoms with van der Waals surface area (Å²) in [5.74, 6) is 0.947. The fourth-order valence-electron chi connectivity index (χ4n) is 10.4. The topological polar surface area (TPSA) is 76.1 Å². The molecule has 1 aliphatic heterocycles. The zero-order valence-corrected chi connectivity index (χ0v) is 24.7. The molecule has 1 heterocycles. The second-order valence-electron chi connectivity index (χ2n) is 15.2. The van der Waals surface area contributed by atoms with Gasteiger partial charge in [0, 0.05) is 18.8 Å². The number of epoxide rings is 1. The SMILES string of the molecule is CC(=O)O[C@@H](C[C@H](C)C1=C2C[C@H](O)[C@H]3[C@@]4(C)CCC(=O)C(C)(C)[C@H]4CC[C@]3(C)[C@@]2(C)CC1)[C@H]1OC1(C)C. The lowest BCUT2D eigenvalue weighted by Crippen LogP contribution is -2.65. The molecule has 208 valence electrons. The molecule has 0 aromatic heterocycles. The molecule has 4 aliphatic carbocycles. The van der Waals surface area contributed by atoms with E-state index >= 15 is 0 Å². The lowest BCUT2D eigenvalue weighted by atomic mass is 9.36. The van der Waals surface area contributed by atoms with Crippen molar-refractivity contribution >= 4 is 11.8 Å². The lowest BCUT2D eigenvalue weighted by Gasteiger charge is -2.69. The number of ketones is 1. The number of aliphatic hydroxyl groups is 1. The summed E-state index contributed by atoms with van der Waals surface area (Å²) in [6.45, 7) is 19.5. The molecule has 4 fully saturated rings. The van der Waals surface area contributed by atoms with E-state index in [0.717, 1.165) is 44.9 Å². The fraction of sp³-hybridized carbons (Fsp3) is 0.875. The van der Waals surface area contributed by atoms with E-state index in [-0.39, 0.29) is 63.4 Å². The van der Waals surface area contributed by atoms with Crippen molar-refractivity contribution in [3.63, 3.8) is 0 Å². The van der Waals surface area contributed by atoms with Gasteiger partial charge in [-0.15, -0.1) is 0 Å². The molecule has 9 atom stereocenters. The van der Waals surface area contributed by atoms with Crippen LogP contribution in [-0.2, 0) is 19.1 Å². The lowest BCUT2D eigenvalue weighted by molar-refractivity contribution is -0.208. The van der Waals surface area contributed by atoms with Crippen LogP contribution in [0, 0.1) is 39.4 Å². The third-order valence-corrected chi connectivity index (χ3v) is 12.5. The van der Waals surface area contributed by atoms with Crippen LogP contribution in [0.15, 0.2) is 11.1 Å². The minimum atomic E-state index is -0.389. The number of carbonyl (C=O) groups excluding carboxylic acids is 2. The van der Waals surface area contributed by atoms with E-state index in [1.54, 1.807) is 0 Å². The number of rotatable bonds is 5. The molecule has 0 bridgehead atoms. The average molecular weight is 515 g/mol. The Balaban J connectivity index is 1.46. The van der Waals surface area contributed by atoms with Gasteiger partial charge in [0.25, 0.3) is 0 Å². The molecular weight excluding hydrogens is 464 g/mol. The Morgan fingerprint density at radius 2 is 1.73 bits per heavy atom. The van der Waals surface area contributed by atoms with Crippen molar-refractivity contribution in [3.05, 3.63) is 11.1 Å². The summed E-state index contributed by atoms with van der Waals surface area (Å²) in [5.41, 5.74) is 2.41. The number of esters is 1. The summed E-state index contributed by atoms with van der Waals surface area (Å²) in [6, 6.07) is 0. The van der Waals surface area contributed by atoms with Gasteiger partial charge in [-0.1, -0.05) is 52.7 Å². The van der Waals surface area contributed by atoms with Crippen molar-refractivity contribution in [1.82, 2.24) is 0 Å². The van der Waals surface area contributed by atoms with Gasteiger partial charge in [0.05, 0.1) is 11.7 Å². The van der Waals surface area contributed by atoms with Crippen LogP contribution in [-0.4, -0.2) is 40.8 Å². The Labute approximate surface area is 224 Å². The second kappa shape index (κ2) is 8.40. The van der Waals surface area contributed by atoms with E-state index in [9.17, 15) is 14.7 Å². The minimum absolute atomic E-state index is 0.0000676. The van der Waals surface area contributed by atoms with Crippen LogP contribution in [0.2, 0.25) is 0 Å². The first kappa shape index (κ1) is 27.4. The van der Waals surface area contributed by atoms with E-state index in [1.807, 2.05) is 0 Å². The van der Waals surface area contributed by atoms with E-state index < -0.39 is 0 Å². The van der Waals surface area contributed by atoms with Crippen LogP contribution in [0.25, 0.3) is 0 Å². The summed E-state index contributed by atoms with van der Waals surface area (Å²) >= 11 is 0. The highest BCUT2D eigenvalue weighted by Crippen LogP contribution is 2.74. The van der Waals surface area contributed by atoms with Gasteiger partial charge in [0.2, 0.25) is 0 Å². The van der Waals surface area contributed by atoms with Crippen LogP contribution in [0.1, 0.15) is 114 Å². The predicted molar refractivity (Wildman–Crippen MR) is 144 cm³/mol. The predicted octanol–water partition coefficient (Wildman–Crippen LogP) is 6.41. The van der Waals surface area contributed by atoms with Crippen LogP contribution >= 0.6 is 0 Å². The van der Waals surface area contributed by atoms with Gasteiger partial charge in [-0.3, -0.25) is 9.59 Å². The molecule has 0 unspecified atom stereocenters. The normalized spacial score (nSPS) is 45.4. The van der Waals surface area contributed by atoms with Crippen LogP contribution in [0.3, 0.4) is 0 Å². The Morgan fingerprint density at radius 3 is 2.32 bits per heavy atom. The summed E-state index contributed by atoms with van der Waals surface area (Å²) in [6.07, 6.45) is 6.64. The van der Waals surface area contributed by atoms with Crippen molar-refractivity contribution in [2.75, 3.05) is 0 Å². The smallest absolute Gasteiger partial charge is 0.302 e. The molecule has 5 aliphatic rings. The van der Waals surface area contributed by atoms with Crippen molar-refractivity contribution in [2.24, 2.45) is 39.4 Å². The third-order valence-electron chi connectivity index (χ3n) is 12.5. The summed E-state index contributed by atoms with van der Waals surface area (Å²) in [5, 5.41) is 11.9. The zero-order chi connectivity index (χ0) is 27.3. The highest BCUT2D eigenvalue weighted by Gasteiger charge is 2.69. The maximum absolute atomic E-state index is 12.9. The molecule has 0 radical (unpaired) electrons. The highest BCUT2D eigenvalue weighted by atomic mass is 16.6. The number of carbonyl (C=O) groups is 2. The van der Waals surface area contributed by atoms with Crippen LogP contribution < -0.4 is 0 Å². The fourth-order valence-corrected chi connectivity index (χ4v) is 10.4. The Morgan fingerprint density at radius 1 is 1.08 bits per heavy atom. The summed E-state index contributed by atoms with van der Waals surface area (Å²) in [4.78, 5) is 24.8. The molecule has 0 spiro atoms. The largest absolute Gasteiger partial charge is 0.460 e. The summed E-state index contributed by atoms with van der Waals surface area (Å²) < 4.78 is 11.7. The number of hydrogen-bond donors (Lipinski definition) is 1. The van der Waals surface area contributed by atoms with Gasteiger partial charge in [0.1, 0.15) is 18.0 Å².